The van der Waals surface area contributed by atoms with E-state index < -0.39 is 0 Å². The minimum absolute atomic E-state index is 0.183. The second-order valence-electron chi connectivity index (χ2n) is 4.14. The highest BCUT2D eigenvalue weighted by Crippen LogP contribution is 2.21. The maximum absolute atomic E-state index is 11.9. The normalized spacial score (nSPS) is 12.5. The molecule has 0 aromatic carbocycles. The van der Waals surface area contributed by atoms with E-state index in [9.17, 15) is 4.79 Å². The maximum atomic E-state index is 11.9. The molecule has 1 N–H and O–H groups in total. The molecule has 0 saturated heterocycles. The fourth-order valence-corrected chi connectivity index (χ4v) is 3.10. The van der Waals surface area contributed by atoms with Crippen molar-refractivity contribution in [1.29, 1.82) is 0 Å². The van der Waals surface area contributed by atoms with Crippen LogP contribution in [0.1, 0.15) is 25.1 Å². The van der Waals surface area contributed by atoms with Crippen LogP contribution in [0.25, 0.3) is 0 Å². The van der Waals surface area contributed by atoms with Crippen LogP contribution < -0.4 is 5.32 Å². The minimum atomic E-state index is 0.183. The molecule has 5 heteroatoms. The number of carbonyl (C=O) groups is 1. The minimum Gasteiger partial charge on any atom is -0.341 e. The van der Waals surface area contributed by atoms with Crippen LogP contribution in [-0.4, -0.2) is 30.4 Å². The van der Waals surface area contributed by atoms with Crippen molar-refractivity contribution in [3.63, 3.8) is 0 Å². The van der Waals surface area contributed by atoms with Crippen molar-refractivity contribution in [3.8, 4) is 0 Å². The fourth-order valence-electron chi connectivity index (χ4n) is 1.60. The third-order valence-corrected chi connectivity index (χ3v) is 4.16. The Balaban J connectivity index is 2.41. The lowest BCUT2D eigenvalue weighted by Gasteiger charge is -2.19. The van der Waals surface area contributed by atoms with Crippen molar-refractivity contribution >= 4 is 33.2 Å². The van der Waals surface area contributed by atoms with Gasteiger partial charge in [-0.25, -0.2) is 0 Å². The molecule has 0 spiro atoms. The van der Waals surface area contributed by atoms with Gasteiger partial charge in [0.15, 0.2) is 0 Å². The van der Waals surface area contributed by atoms with E-state index >= 15 is 0 Å². The molecule has 1 heterocycles. The maximum Gasteiger partial charge on any atom is 0.224 e. The van der Waals surface area contributed by atoms with Crippen LogP contribution in [-0.2, 0) is 11.3 Å². The van der Waals surface area contributed by atoms with Gasteiger partial charge in [-0.05, 0) is 35.5 Å². The highest BCUT2D eigenvalue weighted by Gasteiger charge is 2.13. The summed E-state index contributed by atoms with van der Waals surface area (Å²) in [5.74, 6) is 0.183. The second kappa shape index (κ2) is 7.13. The van der Waals surface area contributed by atoms with Gasteiger partial charge in [0.1, 0.15) is 0 Å². The van der Waals surface area contributed by atoms with Crippen LogP contribution in [0.15, 0.2) is 15.9 Å². The van der Waals surface area contributed by atoms with Gasteiger partial charge in [0.05, 0.1) is 6.54 Å². The molecule has 0 fully saturated rings. The van der Waals surface area contributed by atoms with Gasteiger partial charge in [-0.2, -0.15) is 0 Å². The van der Waals surface area contributed by atoms with E-state index in [1.807, 2.05) is 26.3 Å². The number of hydrogen-bond acceptors (Lipinski definition) is 3. The van der Waals surface area contributed by atoms with Gasteiger partial charge >= 0.3 is 0 Å². The van der Waals surface area contributed by atoms with Crippen LogP contribution in [0.3, 0.4) is 0 Å². The van der Waals surface area contributed by atoms with Crippen molar-refractivity contribution in [2.24, 2.45) is 0 Å². The van der Waals surface area contributed by atoms with Gasteiger partial charge in [0, 0.05) is 34.2 Å². The first-order chi connectivity index (χ1) is 8.02. The number of rotatable bonds is 6. The van der Waals surface area contributed by atoms with Gasteiger partial charge in [-0.15, -0.1) is 11.3 Å². The van der Waals surface area contributed by atoms with Gasteiger partial charge in [0.2, 0.25) is 5.91 Å². The molecular formula is C12H19BrN2OS. The molecule has 0 bridgehead atoms. The fraction of sp³-hybridized carbons (Fsp3) is 0.583. The molecule has 1 aromatic heterocycles. The van der Waals surface area contributed by atoms with Gasteiger partial charge in [-0.3, -0.25) is 4.79 Å². The number of hydrogen-bond donors (Lipinski definition) is 1. The zero-order valence-electron chi connectivity index (χ0n) is 10.5. The van der Waals surface area contributed by atoms with E-state index in [0.717, 1.165) is 11.0 Å². The SMILES string of the molecule is CCNC(C)CC(=O)N(C)Cc1cc(Br)cs1. The van der Waals surface area contributed by atoms with Crippen molar-refractivity contribution in [1.82, 2.24) is 10.2 Å². The van der Waals surface area contributed by atoms with Crippen molar-refractivity contribution in [2.75, 3.05) is 13.6 Å². The average molecular weight is 319 g/mol. The quantitative estimate of drug-likeness (QED) is 0.874. The zero-order valence-corrected chi connectivity index (χ0v) is 12.9. The molecule has 0 aliphatic heterocycles. The average Bonchev–Trinajstić information content (AvgIpc) is 2.64. The van der Waals surface area contributed by atoms with Crippen LogP contribution in [0.5, 0.6) is 0 Å². The van der Waals surface area contributed by atoms with Crippen LogP contribution >= 0.6 is 27.3 Å². The van der Waals surface area contributed by atoms with Crippen molar-refractivity contribution in [2.45, 2.75) is 32.9 Å². The van der Waals surface area contributed by atoms with E-state index in [1.165, 1.54) is 4.88 Å². The first kappa shape index (κ1) is 14.7. The van der Waals surface area contributed by atoms with Crippen LogP contribution in [0.2, 0.25) is 0 Å². The Morgan fingerprint density at radius 2 is 2.35 bits per heavy atom. The molecule has 17 heavy (non-hydrogen) atoms. The highest BCUT2D eigenvalue weighted by atomic mass is 79.9. The number of halogens is 1. The van der Waals surface area contributed by atoms with Gasteiger partial charge < -0.3 is 10.2 Å². The third-order valence-electron chi connectivity index (χ3n) is 2.47. The molecule has 0 aliphatic carbocycles. The Morgan fingerprint density at radius 3 is 2.88 bits per heavy atom. The number of nitrogens with one attached hydrogen (secondary N) is 1. The number of thiophene rings is 1. The summed E-state index contributed by atoms with van der Waals surface area (Å²) in [5, 5.41) is 5.28. The molecular weight excluding hydrogens is 300 g/mol. The highest BCUT2D eigenvalue weighted by molar-refractivity contribution is 9.10. The summed E-state index contributed by atoms with van der Waals surface area (Å²) in [6.07, 6.45) is 0.552. The monoisotopic (exact) mass is 318 g/mol. The van der Waals surface area contributed by atoms with Crippen LogP contribution in [0.4, 0.5) is 0 Å². The van der Waals surface area contributed by atoms with Gasteiger partial charge in [0.25, 0.3) is 0 Å². The molecule has 1 rings (SSSR count). The van der Waals surface area contributed by atoms with Crippen molar-refractivity contribution in [3.05, 3.63) is 20.8 Å². The van der Waals surface area contributed by atoms with E-state index in [-0.39, 0.29) is 11.9 Å². The predicted octanol–water partition coefficient (Wildman–Crippen LogP) is 2.86. The molecule has 0 radical (unpaired) electrons. The molecule has 1 atom stereocenters. The summed E-state index contributed by atoms with van der Waals surface area (Å²) in [6.45, 7) is 5.68. The molecule has 3 nitrogen and oxygen atoms in total. The Morgan fingerprint density at radius 1 is 1.65 bits per heavy atom. The third kappa shape index (κ3) is 5.19. The number of carbonyl (C=O) groups excluding carboxylic acids is 1. The Kier molecular flexibility index (Phi) is 6.16. The van der Waals surface area contributed by atoms with E-state index in [0.29, 0.717) is 13.0 Å². The smallest absolute Gasteiger partial charge is 0.224 e. The Hall–Kier alpha value is -0.390. The number of nitrogens with zero attached hydrogens (tertiary/aromatic N) is 1. The van der Waals surface area contributed by atoms with E-state index in [2.05, 4.69) is 27.3 Å². The topological polar surface area (TPSA) is 32.3 Å². The van der Waals surface area contributed by atoms with E-state index in [4.69, 9.17) is 0 Å². The summed E-state index contributed by atoms with van der Waals surface area (Å²) in [7, 11) is 1.86. The Bertz CT molecular complexity index is 367. The first-order valence-electron chi connectivity index (χ1n) is 5.73. The van der Waals surface area contributed by atoms with Gasteiger partial charge in [-0.1, -0.05) is 6.92 Å². The molecule has 1 amide bonds. The lowest BCUT2D eigenvalue weighted by atomic mass is 10.2. The molecule has 0 saturated carbocycles. The lowest BCUT2D eigenvalue weighted by molar-refractivity contribution is -0.130. The summed E-state index contributed by atoms with van der Waals surface area (Å²) in [5.41, 5.74) is 0. The largest absolute Gasteiger partial charge is 0.341 e. The lowest BCUT2D eigenvalue weighted by Crippen LogP contribution is -2.34. The molecule has 0 aliphatic rings. The summed E-state index contributed by atoms with van der Waals surface area (Å²) >= 11 is 5.08. The summed E-state index contributed by atoms with van der Waals surface area (Å²) in [4.78, 5) is 14.9. The summed E-state index contributed by atoms with van der Waals surface area (Å²) < 4.78 is 1.08. The molecule has 96 valence electrons. The molecule has 1 aromatic rings. The number of amides is 1. The van der Waals surface area contributed by atoms with Crippen molar-refractivity contribution < 1.29 is 4.79 Å². The molecule has 1 unspecified atom stereocenters. The first-order valence-corrected chi connectivity index (χ1v) is 7.40. The predicted molar refractivity (Wildman–Crippen MR) is 76.2 cm³/mol. The second-order valence-corrected chi connectivity index (χ2v) is 6.06. The Labute approximate surface area is 115 Å². The zero-order chi connectivity index (χ0) is 12.8. The standard InChI is InChI=1S/C12H19BrN2OS/c1-4-14-9(2)5-12(16)15(3)7-11-6-10(13)8-17-11/h6,8-9,14H,4-5,7H2,1-3H3. The van der Waals surface area contributed by atoms with E-state index in [1.54, 1.807) is 16.2 Å². The summed E-state index contributed by atoms with van der Waals surface area (Å²) in [6, 6.07) is 2.30. The van der Waals surface area contributed by atoms with Crippen LogP contribution in [0, 0.1) is 0 Å².